The first-order valence-corrected chi connectivity index (χ1v) is 9.04. The van der Waals surface area contributed by atoms with Gasteiger partial charge in [0.25, 0.3) is 5.89 Å². The molecule has 0 aliphatic heterocycles. The van der Waals surface area contributed by atoms with Crippen molar-refractivity contribution in [1.82, 2.24) is 10.2 Å². The number of benzene rings is 2. The quantitative estimate of drug-likeness (QED) is 0.598. The van der Waals surface area contributed by atoms with Gasteiger partial charge in [-0.3, -0.25) is 0 Å². The Morgan fingerprint density at radius 3 is 2.74 bits per heavy atom. The summed E-state index contributed by atoms with van der Waals surface area (Å²) in [6.07, 6.45) is 3.34. The van der Waals surface area contributed by atoms with Gasteiger partial charge in [-0.2, -0.15) is 0 Å². The highest BCUT2D eigenvalue weighted by Gasteiger charge is 2.14. The Bertz CT molecular complexity index is 953. The Hall–Kier alpha value is -2.86. The van der Waals surface area contributed by atoms with E-state index < -0.39 is 5.97 Å². The van der Waals surface area contributed by atoms with Gasteiger partial charge in [0, 0.05) is 10.6 Å². The summed E-state index contributed by atoms with van der Waals surface area (Å²) in [5.74, 6) is 0.732. The van der Waals surface area contributed by atoms with Gasteiger partial charge in [0.05, 0.1) is 0 Å². The van der Waals surface area contributed by atoms with E-state index in [1.54, 1.807) is 24.3 Å². The molecule has 1 heterocycles. The summed E-state index contributed by atoms with van der Waals surface area (Å²) in [4.78, 5) is 11.9. The third-order valence-corrected chi connectivity index (χ3v) is 4.59. The number of fused-ring (bicyclic) bond motifs is 1. The molecule has 0 atom stereocenters. The number of hydrogen-bond donors (Lipinski definition) is 0. The van der Waals surface area contributed by atoms with Gasteiger partial charge in [-0.25, -0.2) is 4.79 Å². The van der Waals surface area contributed by atoms with Gasteiger partial charge in [-0.1, -0.05) is 17.7 Å². The van der Waals surface area contributed by atoms with Gasteiger partial charge < -0.3 is 13.9 Å². The maximum atomic E-state index is 11.9. The molecule has 0 N–H and O–H groups in total. The Morgan fingerprint density at radius 1 is 1.07 bits per heavy atom. The van der Waals surface area contributed by atoms with Crippen LogP contribution in [0.25, 0.3) is 11.5 Å². The second-order valence-electron chi connectivity index (χ2n) is 6.24. The minimum Gasteiger partial charge on any atom is -0.482 e. The van der Waals surface area contributed by atoms with E-state index in [1.165, 1.54) is 17.5 Å². The summed E-state index contributed by atoms with van der Waals surface area (Å²) >= 11 is 5.85. The zero-order chi connectivity index (χ0) is 18.6. The Balaban J connectivity index is 1.27. The van der Waals surface area contributed by atoms with Crippen LogP contribution in [-0.4, -0.2) is 22.8 Å². The van der Waals surface area contributed by atoms with Crippen molar-refractivity contribution in [2.24, 2.45) is 0 Å². The van der Waals surface area contributed by atoms with Crippen LogP contribution in [0.3, 0.4) is 0 Å². The third-order valence-electron chi connectivity index (χ3n) is 4.34. The molecule has 1 aliphatic rings. The molecular formula is C20H17ClN2O4. The maximum absolute atomic E-state index is 11.9. The molecule has 0 unspecified atom stereocenters. The molecule has 0 saturated heterocycles. The van der Waals surface area contributed by atoms with Gasteiger partial charge in [0.2, 0.25) is 5.89 Å². The van der Waals surface area contributed by atoms with Crippen molar-refractivity contribution in [1.29, 1.82) is 0 Å². The summed E-state index contributed by atoms with van der Waals surface area (Å²) in [7, 11) is 0. The van der Waals surface area contributed by atoms with Crippen LogP contribution in [0, 0.1) is 0 Å². The predicted octanol–water partition coefficient (Wildman–Crippen LogP) is 4.00. The molecular weight excluding hydrogens is 368 g/mol. The van der Waals surface area contributed by atoms with Crippen LogP contribution in [0.5, 0.6) is 5.75 Å². The lowest BCUT2D eigenvalue weighted by Crippen LogP contribution is -2.15. The summed E-state index contributed by atoms with van der Waals surface area (Å²) in [5.41, 5.74) is 3.39. The number of rotatable bonds is 6. The molecule has 27 heavy (non-hydrogen) atoms. The summed E-state index contributed by atoms with van der Waals surface area (Å²) < 4.78 is 16.1. The van der Waals surface area contributed by atoms with E-state index >= 15 is 0 Å². The van der Waals surface area contributed by atoms with E-state index in [4.69, 9.17) is 25.5 Å². The monoisotopic (exact) mass is 384 g/mol. The van der Waals surface area contributed by atoms with Crippen molar-refractivity contribution in [3.05, 3.63) is 64.5 Å². The van der Waals surface area contributed by atoms with Crippen LogP contribution in [0.2, 0.25) is 5.02 Å². The van der Waals surface area contributed by atoms with E-state index in [-0.39, 0.29) is 19.1 Å². The van der Waals surface area contributed by atoms with Gasteiger partial charge in [0.1, 0.15) is 5.75 Å². The average molecular weight is 385 g/mol. The number of aryl methyl sites for hydroxylation is 2. The molecule has 3 aromatic rings. The molecule has 0 saturated carbocycles. The van der Waals surface area contributed by atoms with E-state index in [2.05, 4.69) is 16.3 Å². The molecule has 1 aliphatic carbocycles. The molecule has 6 nitrogen and oxygen atoms in total. The highest BCUT2D eigenvalue weighted by Crippen LogP contribution is 2.26. The first-order valence-electron chi connectivity index (χ1n) is 8.66. The lowest BCUT2D eigenvalue weighted by atomic mass is 10.1. The fourth-order valence-electron chi connectivity index (χ4n) is 2.99. The number of aromatic nitrogens is 2. The predicted molar refractivity (Wildman–Crippen MR) is 98.5 cm³/mol. The molecule has 2 aromatic carbocycles. The van der Waals surface area contributed by atoms with Gasteiger partial charge >= 0.3 is 5.97 Å². The molecule has 7 heteroatoms. The average Bonchev–Trinajstić information content (AvgIpc) is 3.34. The van der Waals surface area contributed by atoms with E-state index in [9.17, 15) is 4.79 Å². The Labute approximate surface area is 161 Å². The number of carbonyl (C=O) groups excluding carboxylic acids is 1. The number of nitrogens with zero attached hydrogens (tertiary/aromatic N) is 2. The first-order chi connectivity index (χ1) is 13.2. The van der Waals surface area contributed by atoms with Crippen molar-refractivity contribution in [2.75, 3.05) is 6.61 Å². The van der Waals surface area contributed by atoms with Crippen molar-refractivity contribution in [3.63, 3.8) is 0 Å². The van der Waals surface area contributed by atoms with Gasteiger partial charge in [-0.15, -0.1) is 10.2 Å². The molecule has 0 spiro atoms. The standard InChI is InChI=1S/C20H17ClN2O4/c21-16-7-4-14(5-8-16)20-23-22-18(27-20)11-26-19(24)12-25-17-9-6-13-2-1-3-15(13)10-17/h4-10H,1-3,11-12H2. The lowest BCUT2D eigenvalue weighted by molar-refractivity contribution is -0.148. The molecule has 0 bridgehead atoms. The van der Waals surface area contributed by atoms with Crippen LogP contribution in [0.1, 0.15) is 23.4 Å². The second-order valence-corrected chi connectivity index (χ2v) is 6.68. The van der Waals surface area contributed by atoms with Crippen LogP contribution < -0.4 is 4.74 Å². The SMILES string of the molecule is O=C(COc1ccc2c(c1)CCC2)OCc1nnc(-c2ccc(Cl)cc2)o1. The maximum Gasteiger partial charge on any atom is 0.344 e. The molecule has 4 rings (SSSR count). The smallest absolute Gasteiger partial charge is 0.344 e. The normalized spacial score (nSPS) is 12.6. The van der Waals surface area contributed by atoms with Crippen molar-refractivity contribution in [3.8, 4) is 17.2 Å². The second kappa shape index (κ2) is 7.80. The van der Waals surface area contributed by atoms with Crippen molar-refractivity contribution < 1.29 is 18.7 Å². The van der Waals surface area contributed by atoms with Crippen LogP contribution in [0.15, 0.2) is 46.9 Å². The fourth-order valence-corrected chi connectivity index (χ4v) is 3.11. The minimum atomic E-state index is -0.498. The van der Waals surface area contributed by atoms with Crippen LogP contribution in [0.4, 0.5) is 0 Å². The number of halogens is 1. The number of esters is 1. The summed E-state index contributed by atoms with van der Waals surface area (Å²) in [5, 5.41) is 8.44. The van der Waals surface area contributed by atoms with E-state index in [1.807, 2.05) is 12.1 Å². The Morgan fingerprint density at radius 2 is 1.89 bits per heavy atom. The summed E-state index contributed by atoms with van der Waals surface area (Å²) in [6, 6.07) is 12.9. The number of ether oxygens (including phenoxy) is 2. The molecule has 1 aromatic heterocycles. The van der Waals surface area contributed by atoms with Crippen LogP contribution in [-0.2, 0) is 29.0 Å². The minimum absolute atomic E-state index is 0.104. The zero-order valence-electron chi connectivity index (χ0n) is 14.5. The third kappa shape index (κ3) is 4.28. The highest BCUT2D eigenvalue weighted by molar-refractivity contribution is 6.30. The topological polar surface area (TPSA) is 74.5 Å². The van der Waals surface area contributed by atoms with Crippen molar-refractivity contribution >= 4 is 17.6 Å². The molecule has 0 amide bonds. The molecule has 138 valence electrons. The van der Waals surface area contributed by atoms with Crippen LogP contribution >= 0.6 is 11.6 Å². The molecule has 0 radical (unpaired) electrons. The fraction of sp³-hybridized carbons (Fsp3) is 0.250. The highest BCUT2D eigenvalue weighted by atomic mass is 35.5. The van der Waals surface area contributed by atoms with Gasteiger partial charge in [-0.05, 0) is 66.8 Å². The van der Waals surface area contributed by atoms with E-state index in [0.717, 1.165) is 18.4 Å². The lowest BCUT2D eigenvalue weighted by Gasteiger charge is -2.07. The van der Waals surface area contributed by atoms with E-state index in [0.29, 0.717) is 16.7 Å². The number of carbonyl (C=O) groups is 1. The largest absolute Gasteiger partial charge is 0.482 e. The number of hydrogen-bond acceptors (Lipinski definition) is 6. The zero-order valence-corrected chi connectivity index (χ0v) is 15.2. The van der Waals surface area contributed by atoms with Crippen molar-refractivity contribution in [2.45, 2.75) is 25.9 Å². The van der Waals surface area contributed by atoms with Gasteiger partial charge in [0.15, 0.2) is 13.2 Å². The first kappa shape index (κ1) is 17.5. The Kier molecular flexibility index (Phi) is 5.07. The molecule has 0 fully saturated rings. The summed E-state index contributed by atoms with van der Waals surface area (Å²) in [6.45, 7) is -0.274.